The Hall–Kier alpha value is -4.34. The van der Waals surface area contributed by atoms with Crippen LogP contribution in [0.1, 0.15) is 5.56 Å². The summed E-state index contributed by atoms with van der Waals surface area (Å²) in [7, 11) is -2.97. The Bertz CT molecular complexity index is 1630. The Morgan fingerprint density at radius 1 is 0.842 bits per heavy atom. The summed E-state index contributed by atoms with van der Waals surface area (Å²) < 4.78 is 28.4. The molecule has 0 unspecified atom stereocenters. The number of fused-ring (bicyclic) bond motifs is 1. The van der Waals surface area contributed by atoms with Crippen LogP contribution in [0.3, 0.4) is 0 Å². The summed E-state index contributed by atoms with van der Waals surface area (Å²) in [6, 6.07) is 27.3. The smallest absolute Gasteiger partial charge is 0.148 e. The maximum atomic E-state index is 11.3. The van der Waals surface area contributed by atoms with Crippen molar-refractivity contribution < 1.29 is 13.2 Å². The molecule has 2 N–H and O–H groups in total. The van der Waals surface area contributed by atoms with Crippen molar-refractivity contribution in [3.63, 3.8) is 0 Å². The molecule has 0 saturated carbocycles. The molecule has 3 aromatic carbocycles. The van der Waals surface area contributed by atoms with E-state index in [0.717, 1.165) is 44.9 Å². The van der Waals surface area contributed by atoms with Gasteiger partial charge in [-0.2, -0.15) is 0 Å². The minimum absolute atomic E-state index is 0.121. The molecular weight excluding hydrogens is 498 g/mol. The lowest BCUT2D eigenvalue weighted by molar-refractivity contribution is 0.483. The predicted molar refractivity (Wildman–Crippen MR) is 150 cm³/mol. The van der Waals surface area contributed by atoms with E-state index in [-0.39, 0.29) is 5.75 Å². The first kappa shape index (κ1) is 25.3. The number of pyridine rings is 1. The van der Waals surface area contributed by atoms with Gasteiger partial charge in [0.1, 0.15) is 33.5 Å². The largest absolute Gasteiger partial charge is 0.457 e. The van der Waals surface area contributed by atoms with Crippen molar-refractivity contribution in [1.29, 1.82) is 0 Å². The number of nitrogens with one attached hydrogen (secondary N) is 2. The minimum Gasteiger partial charge on any atom is -0.457 e. The van der Waals surface area contributed by atoms with Gasteiger partial charge in [0.15, 0.2) is 0 Å². The first-order valence-corrected chi connectivity index (χ1v) is 14.2. The second kappa shape index (κ2) is 11.4. The zero-order valence-corrected chi connectivity index (χ0v) is 21.7. The number of sulfone groups is 1. The van der Waals surface area contributed by atoms with Crippen LogP contribution < -0.4 is 15.4 Å². The topological polar surface area (TPSA) is 106 Å². The highest BCUT2D eigenvalue weighted by Crippen LogP contribution is 2.28. The number of nitrogens with zero attached hydrogens (tertiary/aromatic N) is 3. The summed E-state index contributed by atoms with van der Waals surface area (Å²) in [6.45, 7) is 1.02. The lowest BCUT2D eigenvalue weighted by Crippen LogP contribution is -2.21. The van der Waals surface area contributed by atoms with Gasteiger partial charge in [0, 0.05) is 36.0 Å². The molecule has 0 radical (unpaired) electrons. The molecule has 5 rings (SSSR count). The molecule has 192 valence electrons. The van der Waals surface area contributed by atoms with Gasteiger partial charge >= 0.3 is 0 Å². The zero-order chi connectivity index (χ0) is 26.4. The number of aromatic nitrogens is 3. The SMILES string of the molecule is CS(=O)(=O)CCNCc1ccc(-c2cc3c(Nc4ccc(Oc5ccccc5)cc4)ncnc3cn2)cc1. The average Bonchev–Trinajstić information content (AvgIpc) is 2.93. The first-order chi connectivity index (χ1) is 18.4. The van der Waals surface area contributed by atoms with Crippen molar-refractivity contribution in [1.82, 2.24) is 20.3 Å². The minimum atomic E-state index is -2.97. The third kappa shape index (κ3) is 6.70. The molecule has 0 fully saturated rings. The molecule has 8 nitrogen and oxygen atoms in total. The summed E-state index contributed by atoms with van der Waals surface area (Å²) >= 11 is 0. The highest BCUT2D eigenvalue weighted by atomic mass is 32.2. The van der Waals surface area contributed by atoms with Gasteiger partial charge < -0.3 is 15.4 Å². The first-order valence-electron chi connectivity index (χ1n) is 12.1. The molecule has 0 bridgehead atoms. The number of anilines is 2. The van der Waals surface area contributed by atoms with E-state index in [1.807, 2.05) is 84.9 Å². The van der Waals surface area contributed by atoms with Crippen LogP contribution in [-0.2, 0) is 16.4 Å². The number of benzene rings is 3. The monoisotopic (exact) mass is 525 g/mol. The molecule has 5 aromatic rings. The Morgan fingerprint density at radius 3 is 2.32 bits per heavy atom. The van der Waals surface area contributed by atoms with Crippen molar-refractivity contribution in [2.45, 2.75) is 6.54 Å². The molecule has 0 saturated heterocycles. The Morgan fingerprint density at radius 2 is 1.58 bits per heavy atom. The lowest BCUT2D eigenvalue weighted by Gasteiger charge is -2.11. The van der Waals surface area contributed by atoms with Crippen molar-refractivity contribution in [3.8, 4) is 22.8 Å². The number of hydrogen-bond acceptors (Lipinski definition) is 8. The highest BCUT2D eigenvalue weighted by molar-refractivity contribution is 7.90. The summed E-state index contributed by atoms with van der Waals surface area (Å²) in [4.78, 5) is 13.4. The maximum absolute atomic E-state index is 11.3. The van der Waals surface area contributed by atoms with E-state index in [9.17, 15) is 8.42 Å². The number of para-hydroxylation sites is 1. The van der Waals surface area contributed by atoms with Gasteiger partial charge in [-0.15, -0.1) is 0 Å². The van der Waals surface area contributed by atoms with E-state index in [0.29, 0.717) is 18.9 Å². The highest BCUT2D eigenvalue weighted by Gasteiger charge is 2.09. The van der Waals surface area contributed by atoms with Crippen LogP contribution in [0.15, 0.2) is 97.5 Å². The normalized spacial score (nSPS) is 11.4. The van der Waals surface area contributed by atoms with Crippen LogP contribution in [0.25, 0.3) is 22.2 Å². The Kier molecular flexibility index (Phi) is 7.57. The average molecular weight is 526 g/mol. The molecule has 0 aliphatic rings. The fourth-order valence-corrected chi connectivity index (χ4v) is 4.38. The summed E-state index contributed by atoms with van der Waals surface area (Å²) in [5, 5.41) is 7.39. The Balaban J connectivity index is 1.29. The fraction of sp³-hybridized carbons (Fsp3) is 0.138. The molecule has 0 aliphatic carbocycles. The van der Waals surface area contributed by atoms with E-state index in [1.165, 1.54) is 12.6 Å². The molecule has 38 heavy (non-hydrogen) atoms. The standard InChI is InChI=1S/C29H27N5O3S/c1-38(35,36)16-15-30-18-21-7-9-22(10-8-21)27-17-26-28(19-31-27)32-20-33-29(26)34-23-11-13-25(14-12-23)37-24-5-3-2-4-6-24/h2-14,17,19-20,30H,15-16,18H2,1H3,(H,32,33,34). The van der Waals surface area contributed by atoms with Gasteiger partial charge in [0.2, 0.25) is 0 Å². The number of ether oxygens (including phenoxy) is 1. The van der Waals surface area contributed by atoms with Crippen LogP contribution in [-0.4, -0.2) is 41.9 Å². The zero-order valence-electron chi connectivity index (χ0n) is 20.8. The van der Waals surface area contributed by atoms with Crippen molar-refractivity contribution in [2.75, 3.05) is 23.9 Å². The molecule has 2 heterocycles. The molecule has 0 atom stereocenters. The molecule has 0 aliphatic heterocycles. The number of rotatable bonds is 10. The van der Waals surface area contributed by atoms with Gasteiger partial charge in [-0.25, -0.2) is 18.4 Å². The molecular formula is C29H27N5O3S. The molecule has 9 heteroatoms. The van der Waals surface area contributed by atoms with Gasteiger partial charge in [-0.3, -0.25) is 4.98 Å². The van der Waals surface area contributed by atoms with E-state index in [2.05, 4.69) is 25.6 Å². The summed E-state index contributed by atoms with van der Waals surface area (Å²) in [5.74, 6) is 2.33. The Labute approximate surface area is 221 Å². The molecule has 0 spiro atoms. The quantitative estimate of drug-likeness (QED) is 0.235. The van der Waals surface area contributed by atoms with Gasteiger partial charge in [-0.1, -0.05) is 42.5 Å². The summed E-state index contributed by atoms with van der Waals surface area (Å²) in [5.41, 5.74) is 4.44. The van der Waals surface area contributed by atoms with Crippen molar-refractivity contribution >= 4 is 32.2 Å². The third-order valence-electron chi connectivity index (χ3n) is 5.85. The maximum Gasteiger partial charge on any atom is 0.148 e. The predicted octanol–water partition coefficient (Wildman–Crippen LogP) is 5.36. The van der Waals surface area contributed by atoms with Crippen LogP contribution in [0.5, 0.6) is 11.5 Å². The van der Waals surface area contributed by atoms with Gasteiger partial charge in [0.25, 0.3) is 0 Å². The number of hydrogen-bond donors (Lipinski definition) is 2. The van der Waals surface area contributed by atoms with Crippen molar-refractivity contribution in [3.05, 3.63) is 103 Å². The second-order valence-corrected chi connectivity index (χ2v) is 11.1. The van der Waals surface area contributed by atoms with E-state index in [4.69, 9.17) is 4.74 Å². The summed E-state index contributed by atoms with van der Waals surface area (Å²) in [6.07, 6.45) is 4.50. The van der Waals surface area contributed by atoms with Crippen LogP contribution in [0.2, 0.25) is 0 Å². The lowest BCUT2D eigenvalue weighted by atomic mass is 10.1. The third-order valence-corrected chi connectivity index (χ3v) is 6.79. The molecule has 2 aromatic heterocycles. The molecule has 0 amide bonds. The van der Waals surface area contributed by atoms with E-state index >= 15 is 0 Å². The van der Waals surface area contributed by atoms with Crippen LogP contribution in [0.4, 0.5) is 11.5 Å². The van der Waals surface area contributed by atoms with Crippen molar-refractivity contribution in [2.24, 2.45) is 0 Å². The van der Waals surface area contributed by atoms with E-state index in [1.54, 1.807) is 6.20 Å². The van der Waals surface area contributed by atoms with Gasteiger partial charge in [-0.05, 0) is 48.0 Å². The van der Waals surface area contributed by atoms with Gasteiger partial charge in [0.05, 0.1) is 23.2 Å². The fourth-order valence-electron chi connectivity index (χ4n) is 3.87. The second-order valence-electron chi connectivity index (χ2n) is 8.88. The van der Waals surface area contributed by atoms with Crippen LogP contribution in [0, 0.1) is 0 Å². The van der Waals surface area contributed by atoms with E-state index < -0.39 is 9.84 Å². The van der Waals surface area contributed by atoms with Crippen LogP contribution >= 0.6 is 0 Å².